The Bertz CT molecular complexity index is 362. The molecule has 0 saturated carbocycles. The zero-order valence-electron chi connectivity index (χ0n) is 8.00. The second-order valence-electron chi connectivity index (χ2n) is 2.98. The van der Waals surface area contributed by atoms with Crippen molar-refractivity contribution in [1.29, 1.82) is 0 Å². The Morgan fingerprint density at radius 1 is 1.27 bits per heavy atom. The lowest BCUT2D eigenvalue weighted by molar-refractivity contribution is -0.117. The lowest BCUT2D eigenvalue weighted by Crippen LogP contribution is -2.33. The third kappa shape index (κ3) is 3.59. The molecule has 1 rings (SSSR count). The number of alkyl halides is 1. The molecule has 5 heteroatoms. The molecule has 0 bridgehead atoms. The van der Waals surface area contributed by atoms with Crippen LogP contribution in [0.3, 0.4) is 0 Å². The lowest BCUT2D eigenvalue weighted by Gasteiger charge is -2.03. The van der Waals surface area contributed by atoms with Crippen molar-refractivity contribution < 1.29 is 9.59 Å². The molecule has 0 aliphatic carbocycles. The molecule has 0 aliphatic rings. The fraction of sp³-hybridized carbons (Fsp3) is 0.200. The summed E-state index contributed by atoms with van der Waals surface area (Å²) >= 11 is 5.60. The molecule has 0 spiro atoms. The molecule has 80 valence electrons. The van der Waals surface area contributed by atoms with Gasteiger partial charge in [0.25, 0.3) is 5.91 Å². The average molecular weight is 227 g/mol. The predicted octanol–water partition coefficient (Wildman–Crippen LogP) is 0.640. The van der Waals surface area contributed by atoms with Gasteiger partial charge in [0.15, 0.2) is 0 Å². The topological polar surface area (TPSA) is 72.2 Å². The molecular weight excluding hydrogens is 216 g/mol. The second kappa shape index (κ2) is 5.36. The first-order chi connectivity index (χ1) is 7.13. The largest absolute Gasteiger partial charge is 0.368 e. The van der Waals surface area contributed by atoms with E-state index in [1.165, 1.54) is 0 Å². The molecule has 0 heterocycles. The van der Waals surface area contributed by atoms with E-state index in [-0.39, 0.29) is 12.5 Å². The normalized spacial score (nSPS) is 9.67. The van der Waals surface area contributed by atoms with E-state index in [2.05, 4.69) is 5.32 Å². The van der Waals surface area contributed by atoms with Gasteiger partial charge in [-0.25, -0.2) is 0 Å². The highest BCUT2D eigenvalue weighted by Crippen LogP contribution is 2.06. The van der Waals surface area contributed by atoms with Gasteiger partial charge in [-0.2, -0.15) is 0 Å². The summed E-state index contributed by atoms with van der Waals surface area (Å²) in [5, 5.41) is 2.39. The van der Waals surface area contributed by atoms with Crippen LogP contribution in [0.2, 0.25) is 0 Å². The highest BCUT2D eigenvalue weighted by molar-refractivity contribution is 6.17. The molecule has 4 nitrogen and oxygen atoms in total. The number of nitrogens with two attached hydrogens (primary N) is 1. The summed E-state index contributed by atoms with van der Waals surface area (Å²) in [6.45, 7) is -0.157. The van der Waals surface area contributed by atoms with E-state index in [4.69, 9.17) is 17.3 Å². The highest BCUT2D eigenvalue weighted by Gasteiger charge is 2.05. The van der Waals surface area contributed by atoms with Crippen LogP contribution in [-0.2, 0) is 10.7 Å². The second-order valence-corrected chi connectivity index (χ2v) is 3.25. The van der Waals surface area contributed by atoms with Crippen LogP contribution in [0.5, 0.6) is 0 Å². The van der Waals surface area contributed by atoms with Gasteiger partial charge in [-0.1, -0.05) is 12.1 Å². The Morgan fingerprint density at radius 3 is 2.33 bits per heavy atom. The van der Waals surface area contributed by atoms with Crippen LogP contribution in [0.25, 0.3) is 0 Å². The van der Waals surface area contributed by atoms with Crippen molar-refractivity contribution in [2.75, 3.05) is 6.54 Å². The van der Waals surface area contributed by atoms with E-state index < -0.39 is 5.91 Å². The van der Waals surface area contributed by atoms with Crippen LogP contribution < -0.4 is 11.1 Å². The molecule has 3 N–H and O–H groups in total. The van der Waals surface area contributed by atoms with Crippen molar-refractivity contribution in [3.05, 3.63) is 35.4 Å². The summed E-state index contributed by atoms with van der Waals surface area (Å²) in [4.78, 5) is 21.8. The van der Waals surface area contributed by atoms with Gasteiger partial charge in [0.05, 0.1) is 6.54 Å². The number of nitrogens with one attached hydrogen (secondary N) is 1. The molecule has 0 unspecified atom stereocenters. The molecule has 0 atom stereocenters. The van der Waals surface area contributed by atoms with Crippen LogP contribution in [-0.4, -0.2) is 18.4 Å². The maximum absolute atomic E-state index is 11.4. The van der Waals surface area contributed by atoms with Gasteiger partial charge >= 0.3 is 0 Å². The summed E-state index contributed by atoms with van der Waals surface area (Å²) in [6, 6.07) is 6.81. The maximum atomic E-state index is 11.4. The summed E-state index contributed by atoms with van der Waals surface area (Å²) in [5.74, 6) is -0.487. The quantitative estimate of drug-likeness (QED) is 0.740. The third-order valence-corrected chi connectivity index (χ3v) is 2.10. The Labute approximate surface area is 92.4 Å². The van der Waals surface area contributed by atoms with E-state index in [1.807, 2.05) is 0 Å². The number of carbonyl (C=O) groups is 2. The summed E-state index contributed by atoms with van der Waals surface area (Å²) < 4.78 is 0. The number of hydrogen-bond acceptors (Lipinski definition) is 2. The Kier molecular flexibility index (Phi) is 4.12. The number of primary amides is 1. The molecule has 0 aliphatic heterocycles. The Balaban J connectivity index is 2.62. The van der Waals surface area contributed by atoms with E-state index >= 15 is 0 Å². The van der Waals surface area contributed by atoms with Crippen LogP contribution >= 0.6 is 11.6 Å². The van der Waals surface area contributed by atoms with Crippen molar-refractivity contribution in [2.24, 2.45) is 5.73 Å². The Hall–Kier alpha value is -1.55. The third-order valence-electron chi connectivity index (χ3n) is 1.79. The molecular formula is C10H11ClN2O2. The van der Waals surface area contributed by atoms with Gasteiger partial charge in [-0.15, -0.1) is 11.6 Å². The van der Waals surface area contributed by atoms with Crippen molar-refractivity contribution in [1.82, 2.24) is 5.32 Å². The first kappa shape index (κ1) is 11.5. The molecule has 2 amide bonds. The van der Waals surface area contributed by atoms with Crippen molar-refractivity contribution >= 4 is 23.4 Å². The van der Waals surface area contributed by atoms with Crippen LogP contribution in [0.4, 0.5) is 0 Å². The molecule has 0 saturated heterocycles. The van der Waals surface area contributed by atoms with Gasteiger partial charge in [0.2, 0.25) is 5.91 Å². The summed E-state index contributed by atoms with van der Waals surface area (Å²) in [6.07, 6.45) is 0. The van der Waals surface area contributed by atoms with Crippen molar-refractivity contribution in [2.45, 2.75) is 5.88 Å². The fourth-order valence-corrected chi connectivity index (χ4v) is 1.19. The molecule has 0 aromatic heterocycles. The monoisotopic (exact) mass is 226 g/mol. The van der Waals surface area contributed by atoms with Crippen LogP contribution in [0.15, 0.2) is 24.3 Å². The molecule has 1 aromatic carbocycles. The minimum atomic E-state index is -0.569. The molecule has 0 radical (unpaired) electrons. The molecule has 1 aromatic rings. The minimum Gasteiger partial charge on any atom is -0.368 e. The Morgan fingerprint density at radius 2 is 1.87 bits per heavy atom. The first-order valence-electron chi connectivity index (χ1n) is 4.35. The fourth-order valence-electron chi connectivity index (χ4n) is 1.01. The standard InChI is InChI=1S/C10H11ClN2O2/c11-5-7-1-3-8(4-2-7)10(15)13-6-9(12)14/h1-4H,5-6H2,(H2,12,14)(H,13,15). The summed E-state index contributed by atoms with van der Waals surface area (Å²) in [7, 11) is 0. The number of benzene rings is 1. The van der Waals surface area contributed by atoms with E-state index in [9.17, 15) is 9.59 Å². The predicted molar refractivity (Wildman–Crippen MR) is 57.5 cm³/mol. The van der Waals surface area contributed by atoms with Gasteiger partial charge in [-0.05, 0) is 17.7 Å². The molecule has 15 heavy (non-hydrogen) atoms. The number of hydrogen-bond donors (Lipinski definition) is 2. The van der Waals surface area contributed by atoms with Gasteiger partial charge < -0.3 is 11.1 Å². The SMILES string of the molecule is NC(=O)CNC(=O)c1ccc(CCl)cc1. The van der Waals surface area contributed by atoms with Gasteiger partial charge in [0.1, 0.15) is 0 Å². The number of amides is 2. The number of halogens is 1. The lowest BCUT2D eigenvalue weighted by atomic mass is 10.1. The smallest absolute Gasteiger partial charge is 0.251 e. The zero-order valence-corrected chi connectivity index (χ0v) is 8.75. The molecule has 0 fully saturated rings. The van der Waals surface area contributed by atoms with E-state index in [0.29, 0.717) is 11.4 Å². The van der Waals surface area contributed by atoms with Gasteiger partial charge in [-0.3, -0.25) is 9.59 Å². The van der Waals surface area contributed by atoms with Crippen LogP contribution in [0.1, 0.15) is 15.9 Å². The zero-order chi connectivity index (χ0) is 11.3. The van der Waals surface area contributed by atoms with E-state index in [1.54, 1.807) is 24.3 Å². The summed E-state index contributed by atoms with van der Waals surface area (Å²) in [5.41, 5.74) is 6.30. The van der Waals surface area contributed by atoms with E-state index in [0.717, 1.165) is 5.56 Å². The average Bonchev–Trinajstić information content (AvgIpc) is 2.26. The number of rotatable bonds is 4. The van der Waals surface area contributed by atoms with Crippen molar-refractivity contribution in [3.63, 3.8) is 0 Å². The number of carbonyl (C=O) groups excluding carboxylic acids is 2. The highest BCUT2D eigenvalue weighted by atomic mass is 35.5. The first-order valence-corrected chi connectivity index (χ1v) is 4.88. The minimum absolute atomic E-state index is 0.157. The van der Waals surface area contributed by atoms with Crippen LogP contribution in [0, 0.1) is 0 Å². The van der Waals surface area contributed by atoms with Gasteiger partial charge in [0, 0.05) is 11.4 Å². The maximum Gasteiger partial charge on any atom is 0.251 e. The van der Waals surface area contributed by atoms with Crippen molar-refractivity contribution in [3.8, 4) is 0 Å².